The maximum Gasteiger partial charge on any atom is 0.287 e. The summed E-state index contributed by atoms with van der Waals surface area (Å²) >= 11 is 3.07. The second-order valence-electron chi connectivity index (χ2n) is 4.62. The Balaban J connectivity index is 2.88. The monoisotopic (exact) mass is 339 g/mol. The molecule has 19 heavy (non-hydrogen) atoms. The molecule has 0 spiro atoms. The van der Waals surface area contributed by atoms with Gasteiger partial charge in [-0.3, -0.25) is 4.79 Å². The summed E-state index contributed by atoms with van der Waals surface area (Å²) in [7, 11) is 0. The molecule has 1 aromatic heterocycles. The Morgan fingerprint density at radius 3 is 2.74 bits per heavy atom. The number of halogens is 3. The smallest absolute Gasteiger partial charge is 0.287 e. The van der Waals surface area contributed by atoms with E-state index in [1.54, 1.807) is 0 Å². The van der Waals surface area contributed by atoms with Gasteiger partial charge in [-0.25, -0.2) is 13.5 Å². The largest absolute Gasteiger partial charge is 0.390 e. The zero-order valence-electron chi connectivity index (χ0n) is 10.7. The maximum atomic E-state index is 12.9. The van der Waals surface area contributed by atoms with Crippen LogP contribution in [0.15, 0.2) is 15.5 Å². The first-order chi connectivity index (χ1) is 8.76. The molecule has 0 fully saturated rings. The van der Waals surface area contributed by atoms with E-state index in [0.29, 0.717) is 6.54 Å². The molecule has 8 heteroatoms. The zero-order chi connectivity index (χ0) is 14.6. The van der Waals surface area contributed by atoms with Gasteiger partial charge in [0.15, 0.2) is 0 Å². The van der Waals surface area contributed by atoms with Gasteiger partial charge in [0.25, 0.3) is 11.5 Å². The van der Waals surface area contributed by atoms with Crippen LogP contribution in [0.4, 0.5) is 14.5 Å². The van der Waals surface area contributed by atoms with E-state index in [-0.39, 0.29) is 21.6 Å². The summed E-state index contributed by atoms with van der Waals surface area (Å²) in [6.07, 6.45) is 1.31. The Bertz CT molecular complexity index is 491. The minimum absolute atomic E-state index is 0.150. The molecule has 0 aliphatic rings. The van der Waals surface area contributed by atoms with Gasteiger partial charge in [-0.1, -0.05) is 13.8 Å². The molecule has 108 valence electrons. The fourth-order valence-electron chi connectivity index (χ4n) is 1.34. The SMILES string of the molecule is CC(C)Cn1ncc(NCC(F)(F)CO)c(Br)c1=O. The topological polar surface area (TPSA) is 67.2 Å². The van der Waals surface area contributed by atoms with Crippen molar-refractivity contribution in [3.63, 3.8) is 0 Å². The van der Waals surface area contributed by atoms with E-state index in [9.17, 15) is 13.6 Å². The highest BCUT2D eigenvalue weighted by Crippen LogP contribution is 2.19. The van der Waals surface area contributed by atoms with Crippen LogP contribution in [-0.2, 0) is 6.54 Å². The van der Waals surface area contributed by atoms with E-state index in [2.05, 4.69) is 26.3 Å². The van der Waals surface area contributed by atoms with E-state index in [1.165, 1.54) is 10.9 Å². The van der Waals surface area contributed by atoms with Crippen LogP contribution in [0, 0.1) is 5.92 Å². The van der Waals surface area contributed by atoms with Gasteiger partial charge in [0, 0.05) is 6.54 Å². The quantitative estimate of drug-likeness (QED) is 0.827. The number of nitrogens with one attached hydrogen (secondary N) is 1. The van der Waals surface area contributed by atoms with Crippen molar-refractivity contribution in [2.24, 2.45) is 5.92 Å². The third kappa shape index (κ3) is 4.54. The van der Waals surface area contributed by atoms with Crippen LogP contribution >= 0.6 is 15.9 Å². The van der Waals surface area contributed by atoms with Gasteiger partial charge in [-0.15, -0.1) is 0 Å². The molecule has 0 aromatic carbocycles. The summed E-state index contributed by atoms with van der Waals surface area (Å²) in [6.45, 7) is 2.31. The lowest BCUT2D eigenvalue weighted by molar-refractivity contribution is -0.0373. The third-order valence-electron chi connectivity index (χ3n) is 2.29. The molecule has 0 aliphatic carbocycles. The van der Waals surface area contributed by atoms with Gasteiger partial charge < -0.3 is 10.4 Å². The first-order valence-electron chi connectivity index (χ1n) is 5.75. The Morgan fingerprint density at radius 2 is 2.21 bits per heavy atom. The Morgan fingerprint density at radius 1 is 1.58 bits per heavy atom. The molecule has 0 aliphatic heterocycles. The van der Waals surface area contributed by atoms with Crippen LogP contribution in [0.5, 0.6) is 0 Å². The van der Waals surface area contributed by atoms with E-state index < -0.39 is 19.1 Å². The van der Waals surface area contributed by atoms with Crippen LogP contribution < -0.4 is 10.9 Å². The summed E-state index contributed by atoms with van der Waals surface area (Å²) in [5, 5.41) is 14.8. The number of aromatic nitrogens is 2. The highest BCUT2D eigenvalue weighted by Gasteiger charge is 2.27. The minimum Gasteiger partial charge on any atom is -0.390 e. The van der Waals surface area contributed by atoms with Gasteiger partial charge in [0.2, 0.25) is 0 Å². The Hall–Kier alpha value is -1.02. The summed E-state index contributed by atoms with van der Waals surface area (Å²) in [4.78, 5) is 11.9. The van der Waals surface area contributed by atoms with Crippen molar-refractivity contribution >= 4 is 21.6 Å². The predicted molar refractivity (Wildman–Crippen MR) is 71.6 cm³/mol. The van der Waals surface area contributed by atoms with E-state index in [1.807, 2.05) is 13.8 Å². The molecule has 0 bridgehead atoms. The number of alkyl halides is 2. The van der Waals surface area contributed by atoms with Crippen molar-refractivity contribution < 1.29 is 13.9 Å². The minimum atomic E-state index is -3.24. The molecule has 1 heterocycles. The fraction of sp³-hybridized carbons (Fsp3) is 0.636. The fourth-order valence-corrected chi connectivity index (χ4v) is 1.79. The molecule has 0 atom stereocenters. The first kappa shape index (κ1) is 16.0. The second-order valence-corrected chi connectivity index (χ2v) is 5.41. The predicted octanol–water partition coefficient (Wildman–Crippen LogP) is 1.70. The van der Waals surface area contributed by atoms with Crippen molar-refractivity contribution in [1.29, 1.82) is 0 Å². The molecular formula is C11H16BrF2N3O2. The van der Waals surface area contributed by atoms with E-state index >= 15 is 0 Å². The van der Waals surface area contributed by atoms with E-state index in [4.69, 9.17) is 5.11 Å². The number of nitrogens with zero attached hydrogens (tertiary/aromatic N) is 2. The van der Waals surface area contributed by atoms with Crippen LogP contribution in [0.25, 0.3) is 0 Å². The lowest BCUT2D eigenvalue weighted by atomic mass is 10.2. The standard InChI is InChI=1S/C11H16BrF2N3O2/c1-7(2)4-17-10(19)9(12)8(3-16-17)15-5-11(13,14)6-18/h3,7,15,18H,4-6H2,1-2H3. The zero-order valence-corrected chi connectivity index (χ0v) is 12.2. The summed E-state index contributed by atoms with van der Waals surface area (Å²) in [5.41, 5.74) is -0.204. The van der Waals surface area contributed by atoms with Crippen LogP contribution in [0.2, 0.25) is 0 Å². The van der Waals surface area contributed by atoms with Crippen molar-refractivity contribution in [2.45, 2.75) is 26.3 Å². The van der Waals surface area contributed by atoms with Crippen molar-refractivity contribution in [3.8, 4) is 0 Å². The lowest BCUT2D eigenvalue weighted by Gasteiger charge is -2.16. The number of anilines is 1. The molecule has 0 radical (unpaired) electrons. The number of rotatable bonds is 6. The second kappa shape index (κ2) is 6.42. The van der Waals surface area contributed by atoms with Crippen molar-refractivity contribution in [1.82, 2.24) is 9.78 Å². The van der Waals surface area contributed by atoms with Crippen molar-refractivity contribution in [2.75, 3.05) is 18.5 Å². The molecule has 5 nitrogen and oxygen atoms in total. The van der Waals surface area contributed by atoms with Crippen LogP contribution in [-0.4, -0.2) is 34.0 Å². The Kier molecular flexibility index (Phi) is 5.42. The highest BCUT2D eigenvalue weighted by atomic mass is 79.9. The number of hydrogen-bond acceptors (Lipinski definition) is 4. The highest BCUT2D eigenvalue weighted by molar-refractivity contribution is 9.10. The van der Waals surface area contributed by atoms with Gasteiger partial charge in [-0.2, -0.15) is 5.10 Å². The number of aliphatic hydroxyl groups is 1. The summed E-state index contributed by atoms with van der Waals surface area (Å²) < 4.78 is 27.2. The normalized spacial score (nSPS) is 11.9. The summed E-state index contributed by atoms with van der Waals surface area (Å²) in [6, 6.07) is 0. The Labute approximate surface area is 117 Å². The molecule has 1 rings (SSSR count). The average molecular weight is 340 g/mol. The molecule has 0 unspecified atom stereocenters. The molecule has 0 amide bonds. The molecular weight excluding hydrogens is 324 g/mol. The van der Waals surface area contributed by atoms with Gasteiger partial charge in [-0.05, 0) is 21.8 Å². The third-order valence-corrected chi connectivity index (χ3v) is 3.06. The van der Waals surface area contributed by atoms with Crippen LogP contribution in [0.1, 0.15) is 13.8 Å². The number of hydrogen-bond donors (Lipinski definition) is 2. The first-order valence-corrected chi connectivity index (χ1v) is 6.54. The van der Waals surface area contributed by atoms with Gasteiger partial charge in [0.05, 0.1) is 18.4 Å². The molecule has 0 saturated heterocycles. The number of aliphatic hydroxyl groups excluding tert-OH is 1. The lowest BCUT2D eigenvalue weighted by Crippen LogP contribution is -2.32. The maximum absolute atomic E-state index is 12.9. The molecule has 1 aromatic rings. The molecule has 0 saturated carbocycles. The summed E-state index contributed by atoms with van der Waals surface area (Å²) in [5.74, 6) is -3.00. The average Bonchev–Trinajstić information content (AvgIpc) is 2.34. The van der Waals surface area contributed by atoms with Gasteiger partial charge in [0.1, 0.15) is 11.1 Å². The van der Waals surface area contributed by atoms with Gasteiger partial charge >= 0.3 is 0 Å². The molecule has 2 N–H and O–H groups in total. The van der Waals surface area contributed by atoms with Crippen molar-refractivity contribution in [3.05, 3.63) is 21.0 Å². The van der Waals surface area contributed by atoms with Crippen LogP contribution in [0.3, 0.4) is 0 Å². The van der Waals surface area contributed by atoms with E-state index in [0.717, 1.165) is 0 Å².